The number of amides is 1. The van der Waals surface area contributed by atoms with Crippen molar-refractivity contribution in [1.82, 2.24) is 5.32 Å². The summed E-state index contributed by atoms with van der Waals surface area (Å²) < 4.78 is 11.6. The van der Waals surface area contributed by atoms with Gasteiger partial charge in [0, 0.05) is 34.4 Å². The summed E-state index contributed by atoms with van der Waals surface area (Å²) in [4.78, 5) is 36.5. The average molecular weight is 475 g/mol. The molecule has 1 atom stereocenters. The number of carboxylic acid groups (broad SMARTS) is 1. The van der Waals surface area contributed by atoms with Gasteiger partial charge in [0.15, 0.2) is 0 Å². The molecule has 0 radical (unpaired) electrons. The highest BCUT2D eigenvalue weighted by Crippen LogP contribution is 2.37. The van der Waals surface area contributed by atoms with E-state index in [0.29, 0.717) is 29.6 Å². The van der Waals surface area contributed by atoms with E-state index in [-0.39, 0.29) is 12.8 Å². The Balaban J connectivity index is 1.65. The van der Waals surface area contributed by atoms with Crippen LogP contribution in [-0.2, 0) is 16.0 Å². The minimum atomic E-state index is -1.30. The molecule has 0 spiro atoms. The Bertz CT molecular complexity index is 1450. The standard InChI is InChI=1S/C28H29NO6/c1-4-5-11-22(27(31)32)29-25(30)13-12-19-16(2)20-14-21-24(15-23(20)35-28(19)33)34-17(3)26(21)18-9-7-6-8-10-18/h6-10,14-15,22H,4-5,11-13H2,1-3H3,(H,29,30)(H,31,32)/p-1/t22-/m1/s1. The monoisotopic (exact) mass is 474 g/mol. The number of hydrogen-bond donors (Lipinski definition) is 1. The molecule has 0 aliphatic carbocycles. The zero-order valence-electron chi connectivity index (χ0n) is 20.1. The van der Waals surface area contributed by atoms with Gasteiger partial charge in [-0.05, 0) is 43.9 Å². The predicted molar refractivity (Wildman–Crippen MR) is 132 cm³/mol. The molecule has 0 aliphatic heterocycles. The molecule has 0 saturated carbocycles. The second kappa shape index (κ2) is 10.2. The molecule has 2 aromatic heterocycles. The third kappa shape index (κ3) is 4.99. The lowest BCUT2D eigenvalue weighted by Gasteiger charge is -2.19. The van der Waals surface area contributed by atoms with Crippen molar-refractivity contribution < 1.29 is 23.5 Å². The molecule has 35 heavy (non-hydrogen) atoms. The number of rotatable bonds is 9. The zero-order chi connectivity index (χ0) is 25.1. The van der Waals surface area contributed by atoms with Crippen molar-refractivity contribution >= 4 is 33.8 Å². The summed E-state index contributed by atoms with van der Waals surface area (Å²) in [7, 11) is 0. The van der Waals surface area contributed by atoms with Gasteiger partial charge in [-0.1, -0.05) is 50.1 Å². The number of aliphatic carboxylic acids is 1. The fraction of sp³-hybridized carbons (Fsp3) is 0.321. The number of nitrogens with one attached hydrogen (secondary N) is 1. The second-order valence-electron chi connectivity index (χ2n) is 8.82. The number of aryl methyl sites for hydroxylation is 2. The minimum absolute atomic E-state index is 0.0324. The van der Waals surface area contributed by atoms with E-state index in [2.05, 4.69) is 5.32 Å². The van der Waals surface area contributed by atoms with Gasteiger partial charge in [0.05, 0.1) is 12.0 Å². The lowest BCUT2D eigenvalue weighted by molar-refractivity contribution is -0.308. The highest BCUT2D eigenvalue weighted by atomic mass is 16.4. The van der Waals surface area contributed by atoms with Gasteiger partial charge in [-0.2, -0.15) is 0 Å². The highest BCUT2D eigenvalue weighted by molar-refractivity contribution is 6.03. The molecule has 0 aliphatic rings. The molecule has 4 rings (SSSR count). The van der Waals surface area contributed by atoms with Crippen LogP contribution in [0.4, 0.5) is 0 Å². The van der Waals surface area contributed by atoms with Gasteiger partial charge in [-0.15, -0.1) is 0 Å². The molecule has 1 amide bonds. The van der Waals surface area contributed by atoms with Crippen molar-refractivity contribution in [2.75, 3.05) is 0 Å². The second-order valence-corrected chi connectivity index (χ2v) is 8.82. The number of unbranched alkanes of at least 4 members (excludes halogenated alkanes) is 1. The summed E-state index contributed by atoms with van der Waals surface area (Å²) in [6.45, 7) is 5.68. The Hall–Kier alpha value is -3.87. The molecule has 7 nitrogen and oxygen atoms in total. The van der Waals surface area contributed by atoms with Crippen molar-refractivity contribution in [1.29, 1.82) is 0 Å². The van der Waals surface area contributed by atoms with Crippen LogP contribution in [0.3, 0.4) is 0 Å². The van der Waals surface area contributed by atoms with E-state index in [1.165, 1.54) is 0 Å². The lowest BCUT2D eigenvalue weighted by atomic mass is 9.98. The maximum atomic E-state index is 12.7. The average Bonchev–Trinajstić information content (AvgIpc) is 3.15. The van der Waals surface area contributed by atoms with Gasteiger partial charge in [0.1, 0.15) is 16.9 Å². The van der Waals surface area contributed by atoms with Crippen molar-refractivity contribution in [3.05, 3.63) is 69.8 Å². The number of furan rings is 1. The van der Waals surface area contributed by atoms with Crippen LogP contribution in [0.15, 0.2) is 56.1 Å². The molecule has 4 aromatic rings. The van der Waals surface area contributed by atoms with Crippen molar-refractivity contribution in [2.24, 2.45) is 0 Å². The molecule has 2 aromatic carbocycles. The molecule has 0 unspecified atom stereocenters. The lowest BCUT2D eigenvalue weighted by Crippen LogP contribution is -2.47. The van der Waals surface area contributed by atoms with Gasteiger partial charge < -0.3 is 24.1 Å². The first kappa shape index (κ1) is 24.3. The van der Waals surface area contributed by atoms with Gasteiger partial charge in [-0.3, -0.25) is 4.79 Å². The third-order valence-corrected chi connectivity index (χ3v) is 6.40. The molecule has 2 heterocycles. The number of fused-ring (bicyclic) bond motifs is 2. The van der Waals surface area contributed by atoms with Gasteiger partial charge in [-0.25, -0.2) is 4.79 Å². The van der Waals surface area contributed by atoms with E-state index in [1.54, 1.807) is 6.07 Å². The number of carboxylic acids is 1. The molecule has 1 N–H and O–H groups in total. The number of hydrogen-bond acceptors (Lipinski definition) is 6. The molecule has 0 fully saturated rings. The fourth-order valence-electron chi connectivity index (χ4n) is 4.52. The normalized spacial score (nSPS) is 12.2. The number of carbonyl (C=O) groups excluding carboxylic acids is 2. The van der Waals surface area contributed by atoms with Crippen LogP contribution < -0.4 is 16.0 Å². The SMILES string of the molecule is CCCC[C@@H](NC(=O)CCc1c(C)c2cc3c(-c4ccccc4)c(C)oc3cc2oc1=O)C(=O)[O-]. The van der Waals surface area contributed by atoms with Gasteiger partial charge in [0.25, 0.3) is 0 Å². The molecular weight excluding hydrogens is 446 g/mol. The van der Waals surface area contributed by atoms with E-state index in [9.17, 15) is 19.5 Å². The molecule has 182 valence electrons. The summed E-state index contributed by atoms with van der Waals surface area (Å²) in [6, 6.07) is 12.6. The van der Waals surface area contributed by atoms with E-state index in [4.69, 9.17) is 8.83 Å². The third-order valence-electron chi connectivity index (χ3n) is 6.40. The fourth-order valence-corrected chi connectivity index (χ4v) is 4.52. The smallest absolute Gasteiger partial charge is 0.339 e. The first-order valence-corrected chi connectivity index (χ1v) is 11.8. The molecule has 7 heteroatoms. The van der Waals surface area contributed by atoms with Crippen molar-refractivity contribution in [2.45, 2.75) is 58.9 Å². The van der Waals surface area contributed by atoms with Crippen LogP contribution in [0.25, 0.3) is 33.1 Å². The maximum Gasteiger partial charge on any atom is 0.339 e. The summed E-state index contributed by atoms with van der Waals surface area (Å²) in [5.74, 6) is -0.979. The van der Waals surface area contributed by atoms with Crippen molar-refractivity contribution in [3.63, 3.8) is 0 Å². The van der Waals surface area contributed by atoms with E-state index in [1.807, 2.05) is 57.2 Å². The first-order valence-electron chi connectivity index (χ1n) is 11.8. The summed E-state index contributed by atoms with van der Waals surface area (Å²) >= 11 is 0. The predicted octanol–water partition coefficient (Wildman–Crippen LogP) is 4.18. The summed E-state index contributed by atoms with van der Waals surface area (Å²) in [6.07, 6.45) is 1.89. The van der Waals surface area contributed by atoms with Crippen LogP contribution in [0.1, 0.15) is 49.5 Å². The number of benzene rings is 2. The van der Waals surface area contributed by atoms with Crippen LogP contribution in [0, 0.1) is 13.8 Å². The van der Waals surface area contributed by atoms with Crippen LogP contribution >= 0.6 is 0 Å². The Kier molecular flexibility index (Phi) is 7.05. The maximum absolute atomic E-state index is 12.7. The van der Waals surface area contributed by atoms with E-state index >= 15 is 0 Å². The van der Waals surface area contributed by atoms with Gasteiger partial charge in [0.2, 0.25) is 5.91 Å². The quantitative estimate of drug-likeness (QED) is 0.364. The minimum Gasteiger partial charge on any atom is -0.548 e. The Morgan fingerprint density at radius 2 is 1.74 bits per heavy atom. The number of carbonyl (C=O) groups is 2. The van der Waals surface area contributed by atoms with Crippen LogP contribution in [-0.4, -0.2) is 17.9 Å². The van der Waals surface area contributed by atoms with Crippen molar-refractivity contribution in [3.8, 4) is 11.1 Å². The molecular formula is C28H28NO6-. The van der Waals surface area contributed by atoms with E-state index < -0.39 is 23.5 Å². The summed E-state index contributed by atoms with van der Waals surface area (Å²) in [5.41, 5.74) is 3.66. The Morgan fingerprint density at radius 3 is 2.43 bits per heavy atom. The van der Waals surface area contributed by atoms with E-state index in [0.717, 1.165) is 39.6 Å². The topological polar surface area (TPSA) is 113 Å². The largest absolute Gasteiger partial charge is 0.548 e. The molecule has 0 saturated heterocycles. The molecule has 0 bridgehead atoms. The summed E-state index contributed by atoms with van der Waals surface area (Å²) in [5, 5.41) is 15.5. The first-order chi connectivity index (χ1) is 16.8. The van der Waals surface area contributed by atoms with Gasteiger partial charge >= 0.3 is 5.63 Å². The van der Waals surface area contributed by atoms with Crippen LogP contribution in [0.2, 0.25) is 0 Å². The Labute approximate surface area is 202 Å². The highest BCUT2D eigenvalue weighted by Gasteiger charge is 2.19. The Morgan fingerprint density at radius 1 is 1.03 bits per heavy atom. The van der Waals surface area contributed by atoms with Crippen LogP contribution in [0.5, 0.6) is 0 Å². The zero-order valence-corrected chi connectivity index (χ0v) is 20.1.